The van der Waals surface area contributed by atoms with Crippen molar-refractivity contribution in [1.82, 2.24) is 10.0 Å². The highest BCUT2D eigenvalue weighted by atomic mass is 32.2. The predicted octanol–water partition coefficient (Wildman–Crippen LogP) is 5.63. The van der Waals surface area contributed by atoms with Gasteiger partial charge in [0.15, 0.2) is 17.5 Å². The Morgan fingerprint density at radius 2 is 1.88 bits per heavy atom. The van der Waals surface area contributed by atoms with E-state index in [1.165, 1.54) is 5.56 Å². The number of halogens is 3. The molecule has 0 radical (unpaired) electrons. The van der Waals surface area contributed by atoms with Crippen molar-refractivity contribution in [1.29, 1.82) is 4.78 Å². The number of rotatable bonds is 7. The number of hydrogen-bond acceptors (Lipinski definition) is 3. The fraction of sp³-hybridized carbons (Fsp3) is 0.333. The number of benzene rings is 2. The second-order valence-corrected chi connectivity index (χ2v) is 8.95. The molecule has 0 spiro atoms. The molecule has 1 fully saturated rings. The lowest BCUT2D eigenvalue weighted by Crippen LogP contribution is -2.29. The Labute approximate surface area is 189 Å². The van der Waals surface area contributed by atoms with Crippen LogP contribution in [0.4, 0.5) is 13.2 Å². The molecular formula is C24H28F3N3OS. The van der Waals surface area contributed by atoms with E-state index in [9.17, 15) is 13.2 Å². The zero-order valence-electron chi connectivity index (χ0n) is 18.2. The van der Waals surface area contributed by atoms with Crippen LogP contribution in [0.15, 0.2) is 53.1 Å². The highest BCUT2D eigenvalue weighted by Gasteiger charge is 2.21. The Morgan fingerprint density at radius 3 is 2.50 bits per heavy atom. The van der Waals surface area contributed by atoms with Gasteiger partial charge in [-0.3, -0.25) is 4.78 Å². The van der Waals surface area contributed by atoms with Gasteiger partial charge < -0.3 is 10.1 Å². The second kappa shape index (κ2) is 11.3. The maximum atomic E-state index is 13.7. The average molecular weight is 464 g/mol. The van der Waals surface area contributed by atoms with Gasteiger partial charge in [0, 0.05) is 19.3 Å². The fourth-order valence-electron chi connectivity index (χ4n) is 3.71. The summed E-state index contributed by atoms with van der Waals surface area (Å²) >= 11 is 0. The van der Waals surface area contributed by atoms with Gasteiger partial charge >= 0.3 is 0 Å². The number of allylic oxidation sites excluding steroid dienone is 1. The Morgan fingerprint density at radius 1 is 1.19 bits per heavy atom. The molecule has 1 heterocycles. The number of methoxy groups -OCH3 is 1. The molecular weight excluding hydrogens is 435 g/mol. The third kappa shape index (κ3) is 6.23. The number of hydrogen-bond donors (Lipinski definition) is 3. The predicted molar refractivity (Wildman–Crippen MR) is 124 cm³/mol. The Kier molecular flexibility index (Phi) is 8.53. The Bertz CT molecular complexity index is 999. The van der Waals surface area contributed by atoms with Gasteiger partial charge in [-0.15, -0.1) is 0 Å². The second-order valence-electron chi connectivity index (χ2n) is 7.67. The molecule has 0 aliphatic carbocycles. The van der Waals surface area contributed by atoms with Crippen LogP contribution in [0.3, 0.4) is 0 Å². The molecule has 3 N–H and O–H groups in total. The van der Waals surface area contributed by atoms with Gasteiger partial charge in [0.05, 0.1) is 12.0 Å². The molecule has 2 atom stereocenters. The van der Waals surface area contributed by atoms with E-state index in [-0.39, 0.29) is 11.6 Å². The van der Waals surface area contributed by atoms with E-state index in [0.29, 0.717) is 6.42 Å². The van der Waals surface area contributed by atoms with Crippen LogP contribution < -0.4 is 14.8 Å². The molecule has 0 amide bonds. The van der Waals surface area contributed by atoms with E-state index < -0.39 is 28.3 Å². The van der Waals surface area contributed by atoms with E-state index >= 15 is 0 Å². The zero-order chi connectivity index (χ0) is 23.1. The largest absolute Gasteiger partial charge is 0.497 e. The van der Waals surface area contributed by atoms with Crippen LogP contribution in [0.1, 0.15) is 36.8 Å². The third-order valence-corrected chi connectivity index (χ3v) is 6.77. The van der Waals surface area contributed by atoms with Crippen molar-refractivity contribution in [3.63, 3.8) is 0 Å². The van der Waals surface area contributed by atoms with E-state index in [1.807, 2.05) is 12.1 Å². The smallest absolute Gasteiger partial charge is 0.194 e. The van der Waals surface area contributed by atoms with Gasteiger partial charge in [-0.05, 0) is 83.9 Å². The molecule has 172 valence electrons. The summed E-state index contributed by atoms with van der Waals surface area (Å²) in [5.41, 5.74) is 2.29. The van der Waals surface area contributed by atoms with Crippen molar-refractivity contribution in [2.75, 3.05) is 14.2 Å². The van der Waals surface area contributed by atoms with Crippen LogP contribution in [0.25, 0.3) is 6.08 Å². The quantitative estimate of drug-likeness (QED) is 0.467. The summed E-state index contributed by atoms with van der Waals surface area (Å²) in [6.45, 7) is 0. The summed E-state index contributed by atoms with van der Waals surface area (Å²) in [5, 5.41) is 2.96. The fourth-order valence-corrected chi connectivity index (χ4v) is 5.06. The molecule has 32 heavy (non-hydrogen) atoms. The minimum absolute atomic E-state index is 0.155. The first-order valence-electron chi connectivity index (χ1n) is 10.5. The van der Waals surface area contributed by atoms with Crippen molar-refractivity contribution in [3.8, 4) is 5.75 Å². The lowest BCUT2D eigenvalue weighted by atomic mass is 9.98. The van der Waals surface area contributed by atoms with Gasteiger partial charge in [-0.25, -0.2) is 17.9 Å². The third-order valence-electron chi connectivity index (χ3n) is 5.38. The van der Waals surface area contributed by atoms with Crippen LogP contribution in [-0.2, 0) is 17.3 Å². The number of nitrogens with one attached hydrogen (secondary N) is 3. The molecule has 4 nitrogen and oxygen atoms in total. The van der Waals surface area contributed by atoms with Gasteiger partial charge in [0.1, 0.15) is 5.75 Å². The lowest BCUT2D eigenvalue weighted by molar-refractivity contribution is 0.414. The normalized spacial score (nSPS) is 21.5. The van der Waals surface area contributed by atoms with Crippen LogP contribution in [0.5, 0.6) is 5.75 Å². The first kappa shape index (κ1) is 24.1. The van der Waals surface area contributed by atoms with Crippen molar-refractivity contribution < 1.29 is 17.9 Å². The van der Waals surface area contributed by atoms with Crippen molar-refractivity contribution in [3.05, 3.63) is 81.7 Å². The van der Waals surface area contributed by atoms with Crippen LogP contribution in [-0.4, -0.2) is 20.2 Å². The highest BCUT2D eigenvalue weighted by Crippen LogP contribution is 2.28. The maximum Gasteiger partial charge on any atom is 0.194 e. The minimum Gasteiger partial charge on any atom is -0.497 e. The number of aryl methyl sites for hydroxylation is 1. The molecule has 0 saturated carbocycles. The Balaban J connectivity index is 1.70. The molecule has 2 aromatic carbocycles. The molecule has 1 aliphatic rings. The summed E-state index contributed by atoms with van der Waals surface area (Å²) in [4.78, 5) is 0.732. The summed E-state index contributed by atoms with van der Waals surface area (Å²) in [7, 11) is 2.40. The Hall–Kier alpha value is -2.58. The summed E-state index contributed by atoms with van der Waals surface area (Å²) in [6, 6.07) is 10.1. The van der Waals surface area contributed by atoms with Gasteiger partial charge in [-0.2, -0.15) is 0 Å². The first-order valence-corrected chi connectivity index (χ1v) is 11.7. The van der Waals surface area contributed by atoms with Crippen molar-refractivity contribution in [2.24, 2.45) is 0 Å². The highest BCUT2D eigenvalue weighted by molar-refractivity contribution is 7.88. The summed E-state index contributed by atoms with van der Waals surface area (Å²) in [6.07, 6.45) is 7.65. The maximum absolute atomic E-state index is 13.7. The van der Waals surface area contributed by atoms with Crippen LogP contribution in [0.2, 0.25) is 0 Å². The molecule has 0 bridgehead atoms. The molecule has 1 saturated heterocycles. The van der Waals surface area contributed by atoms with E-state index in [0.717, 1.165) is 54.0 Å². The van der Waals surface area contributed by atoms with Crippen molar-refractivity contribution >= 4 is 17.0 Å². The van der Waals surface area contributed by atoms with Crippen LogP contribution >= 0.6 is 0 Å². The van der Waals surface area contributed by atoms with Gasteiger partial charge in [-0.1, -0.05) is 18.2 Å². The molecule has 0 aromatic heterocycles. The first-order chi connectivity index (χ1) is 15.4. The summed E-state index contributed by atoms with van der Waals surface area (Å²) in [5.74, 6) is -3.08. The average Bonchev–Trinajstić information content (AvgIpc) is 2.92. The summed E-state index contributed by atoms with van der Waals surface area (Å²) < 4.78 is 57.8. The molecule has 2 aromatic rings. The van der Waals surface area contributed by atoms with E-state index in [4.69, 9.17) is 9.52 Å². The van der Waals surface area contributed by atoms with Gasteiger partial charge in [0.2, 0.25) is 0 Å². The van der Waals surface area contributed by atoms with E-state index in [2.05, 4.69) is 22.2 Å². The number of ether oxygens (including phenoxy) is 1. The minimum atomic E-state index is -1.47. The van der Waals surface area contributed by atoms with Gasteiger partial charge in [0.25, 0.3) is 0 Å². The lowest BCUT2D eigenvalue weighted by Gasteiger charge is -2.16. The molecule has 1 aliphatic heterocycles. The van der Waals surface area contributed by atoms with E-state index in [1.54, 1.807) is 26.4 Å². The molecule has 2 unspecified atom stereocenters. The molecule has 8 heteroatoms. The zero-order valence-corrected chi connectivity index (χ0v) is 19.0. The molecule has 3 rings (SSSR count). The standard InChI is InChI=1S/C24H28F3N3OS/c1-29-15-23-18(12-17-13-21(25)24(27)22(26)14-17)8-9-19(30-32(23)28)5-3-4-16-6-10-20(31-2)11-7-16/h6-7,10-15,19,29H,3-5,8-9H2,1-2H3,(H2,28,30)/b18-12+,23-15+. The van der Waals surface area contributed by atoms with Crippen LogP contribution in [0, 0.1) is 22.2 Å². The monoisotopic (exact) mass is 463 g/mol. The van der Waals surface area contributed by atoms with Crippen molar-refractivity contribution in [2.45, 2.75) is 38.1 Å². The SMILES string of the molecule is CN/C=C1\C(=C\c2cc(F)c(F)c(F)c2)CCC(CCCc2ccc(OC)cc2)NS1=N. The topological polar surface area (TPSA) is 57.1 Å².